The maximum absolute atomic E-state index is 6.66. The molecule has 0 fully saturated rings. The molecule has 5 rings (SSSR count). The van der Waals surface area contributed by atoms with E-state index in [-0.39, 0.29) is 5.41 Å². The van der Waals surface area contributed by atoms with Gasteiger partial charge in [0.1, 0.15) is 0 Å². The van der Waals surface area contributed by atoms with Crippen molar-refractivity contribution in [3.05, 3.63) is 95.5 Å². The molecule has 0 amide bonds. The number of rotatable bonds is 1. The molecule has 3 aromatic rings. The highest BCUT2D eigenvalue weighted by atomic mass is 35.5. The first-order valence-electron chi connectivity index (χ1n) is 10.1. The lowest BCUT2D eigenvalue weighted by atomic mass is 9.85. The first-order chi connectivity index (χ1) is 13.9. The summed E-state index contributed by atoms with van der Waals surface area (Å²) >= 11 is 6.66. The summed E-state index contributed by atoms with van der Waals surface area (Å²) in [6.45, 7) is 6.76. The van der Waals surface area contributed by atoms with Crippen molar-refractivity contribution in [1.82, 2.24) is 0 Å². The Morgan fingerprint density at radius 1 is 0.621 bits per heavy atom. The normalized spacial score (nSPS) is 12.1. The Morgan fingerprint density at radius 3 is 2.14 bits per heavy atom. The van der Waals surface area contributed by atoms with Crippen LogP contribution < -0.4 is 0 Å². The summed E-state index contributed by atoms with van der Waals surface area (Å²) in [6.07, 6.45) is 0. The van der Waals surface area contributed by atoms with E-state index >= 15 is 0 Å². The standard InChI is InChI=1S/C28H23Cl/c1-28(2,3)21-14-12-18(13-15-21)23-17-20-9-7-11-25(29)26(20)24-16-19-8-5-4-6-10-22(19)27(23)24/h4-17H,1-3H3. The summed E-state index contributed by atoms with van der Waals surface area (Å²) in [4.78, 5) is 0. The Kier molecular flexibility index (Phi) is 4.15. The zero-order valence-corrected chi connectivity index (χ0v) is 17.7. The third-order valence-electron chi connectivity index (χ3n) is 5.86. The molecule has 2 aliphatic carbocycles. The van der Waals surface area contributed by atoms with Gasteiger partial charge in [0.25, 0.3) is 0 Å². The molecule has 2 aliphatic rings. The van der Waals surface area contributed by atoms with Crippen LogP contribution >= 0.6 is 11.6 Å². The monoisotopic (exact) mass is 394 g/mol. The second-order valence-electron chi connectivity index (χ2n) is 8.80. The lowest BCUT2D eigenvalue weighted by molar-refractivity contribution is 0.590. The SMILES string of the molecule is CC(C)(C)c1ccc(-c2cc3cccc(Cl)c3c3cc4cccccc-4c23)cc1. The maximum Gasteiger partial charge on any atom is 0.0490 e. The van der Waals surface area contributed by atoms with E-state index in [1.54, 1.807) is 0 Å². The highest BCUT2D eigenvalue weighted by molar-refractivity contribution is 6.39. The van der Waals surface area contributed by atoms with Crippen molar-refractivity contribution in [2.75, 3.05) is 0 Å². The topological polar surface area (TPSA) is 0 Å². The van der Waals surface area contributed by atoms with Gasteiger partial charge in [-0.3, -0.25) is 0 Å². The van der Waals surface area contributed by atoms with E-state index in [1.807, 2.05) is 12.1 Å². The van der Waals surface area contributed by atoms with E-state index in [0.717, 1.165) is 10.4 Å². The molecule has 142 valence electrons. The van der Waals surface area contributed by atoms with Gasteiger partial charge in [-0.05, 0) is 67.6 Å². The van der Waals surface area contributed by atoms with E-state index in [0.29, 0.717) is 0 Å². The Balaban J connectivity index is 1.89. The second kappa shape index (κ2) is 6.61. The van der Waals surface area contributed by atoms with Gasteiger partial charge in [-0.1, -0.05) is 99.1 Å². The number of hydrogen-bond acceptors (Lipinski definition) is 0. The highest BCUT2D eigenvalue weighted by Crippen LogP contribution is 2.45. The highest BCUT2D eigenvalue weighted by Gasteiger charge is 2.19. The molecule has 0 N–H and O–H groups in total. The molecule has 0 unspecified atom stereocenters. The molecule has 0 aliphatic heterocycles. The zero-order valence-electron chi connectivity index (χ0n) is 17.0. The molecule has 0 atom stereocenters. The van der Waals surface area contributed by atoms with Crippen LogP contribution in [0, 0.1) is 0 Å². The predicted molar refractivity (Wildman–Crippen MR) is 127 cm³/mol. The average molecular weight is 395 g/mol. The molecule has 0 bridgehead atoms. The van der Waals surface area contributed by atoms with Gasteiger partial charge in [0, 0.05) is 10.4 Å². The minimum Gasteiger partial charge on any atom is -0.0836 e. The van der Waals surface area contributed by atoms with Gasteiger partial charge in [0.2, 0.25) is 0 Å². The fourth-order valence-corrected chi connectivity index (χ4v) is 4.61. The van der Waals surface area contributed by atoms with Gasteiger partial charge >= 0.3 is 0 Å². The molecule has 0 saturated carbocycles. The van der Waals surface area contributed by atoms with Crippen molar-refractivity contribution < 1.29 is 0 Å². The molecule has 29 heavy (non-hydrogen) atoms. The Bertz CT molecular complexity index is 1320. The van der Waals surface area contributed by atoms with Crippen LogP contribution in [0.4, 0.5) is 0 Å². The van der Waals surface area contributed by atoms with Crippen LogP contribution in [0.5, 0.6) is 0 Å². The lowest BCUT2D eigenvalue weighted by Gasteiger charge is -2.19. The van der Waals surface area contributed by atoms with Gasteiger partial charge < -0.3 is 0 Å². The molecular formula is C28H23Cl. The van der Waals surface area contributed by atoms with Crippen LogP contribution in [0.3, 0.4) is 0 Å². The summed E-state index contributed by atoms with van der Waals surface area (Å²) in [6, 6.07) is 30.5. The quantitative estimate of drug-likeness (QED) is 0.266. The van der Waals surface area contributed by atoms with E-state index in [9.17, 15) is 0 Å². The van der Waals surface area contributed by atoms with Gasteiger partial charge in [-0.2, -0.15) is 0 Å². The van der Waals surface area contributed by atoms with E-state index in [2.05, 4.69) is 93.6 Å². The first-order valence-corrected chi connectivity index (χ1v) is 10.4. The van der Waals surface area contributed by atoms with E-state index in [4.69, 9.17) is 11.6 Å². The van der Waals surface area contributed by atoms with Crippen LogP contribution in [0.2, 0.25) is 5.02 Å². The third-order valence-corrected chi connectivity index (χ3v) is 6.17. The number of hydrogen-bond donors (Lipinski definition) is 0. The summed E-state index contributed by atoms with van der Waals surface area (Å²) in [5, 5.41) is 5.63. The van der Waals surface area contributed by atoms with Gasteiger partial charge in [0.05, 0.1) is 0 Å². The van der Waals surface area contributed by atoms with Crippen LogP contribution in [-0.2, 0) is 5.41 Å². The van der Waals surface area contributed by atoms with Gasteiger partial charge in [-0.25, -0.2) is 0 Å². The molecule has 0 heterocycles. The maximum atomic E-state index is 6.66. The van der Waals surface area contributed by atoms with Gasteiger partial charge in [0.15, 0.2) is 0 Å². The minimum atomic E-state index is 0.144. The molecule has 3 aromatic carbocycles. The number of halogens is 1. The summed E-state index contributed by atoms with van der Waals surface area (Å²) in [5.41, 5.74) is 6.50. The molecule has 0 saturated heterocycles. The Morgan fingerprint density at radius 2 is 1.38 bits per heavy atom. The fraction of sp³-hybridized carbons (Fsp3) is 0.143. The lowest BCUT2D eigenvalue weighted by Crippen LogP contribution is -2.10. The predicted octanol–water partition coefficient (Wildman–Crippen LogP) is 8.72. The summed E-state index contributed by atoms with van der Waals surface area (Å²) in [5.74, 6) is 0. The zero-order chi connectivity index (χ0) is 20.2. The molecule has 0 nitrogen and oxygen atoms in total. The van der Waals surface area contributed by atoms with Crippen molar-refractivity contribution in [3.8, 4) is 22.3 Å². The molecular weight excluding hydrogens is 372 g/mol. The van der Waals surface area contributed by atoms with Crippen molar-refractivity contribution in [3.63, 3.8) is 0 Å². The summed E-state index contributed by atoms with van der Waals surface area (Å²) < 4.78 is 0. The van der Waals surface area contributed by atoms with Crippen LogP contribution in [0.25, 0.3) is 43.8 Å². The average Bonchev–Trinajstić information content (AvgIpc) is 2.89. The van der Waals surface area contributed by atoms with Crippen molar-refractivity contribution in [1.29, 1.82) is 0 Å². The largest absolute Gasteiger partial charge is 0.0836 e. The smallest absolute Gasteiger partial charge is 0.0490 e. The molecule has 0 radical (unpaired) electrons. The van der Waals surface area contributed by atoms with Gasteiger partial charge in [-0.15, -0.1) is 0 Å². The fourth-order valence-electron chi connectivity index (χ4n) is 4.33. The molecule has 1 heteroatoms. The van der Waals surface area contributed by atoms with Crippen LogP contribution in [-0.4, -0.2) is 0 Å². The minimum absolute atomic E-state index is 0.144. The third kappa shape index (κ3) is 2.99. The van der Waals surface area contributed by atoms with Crippen LogP contribution in [0.1, 0.15) is 26.3 Å². The first kappa shape index (κ1) is 18.2. The van der Waals surface area contributed by atoms with E-state index in [1.165, 1.54) is 44.0 Å². The molecule has 0 aromatic heterocycles. The second-order valence-corrected chi connectivity index (χ2v) is 9.21. The van der Waals surface area contributed by atoms with Crippen molar-refractivity contribution in [2.24, 2.45) is 0 Å². The van der Waals surface area contributed by atoms with Crippen molar-refractivity contribution in [2.45, 2.75) is 26.2 Å². The molecule has 0 spiro atoms. The Hall–Kier alpha value is -2.83. The van der Waals surface area contributed by atoms with Crippen LogP contribution in [0.15, 0.2) is 84.9 Å². The number of fused-ring (bicyclic) bond motifs is 5. The van der Waals surface area contributed by atoms with E-state index < -0.39 is 0 Å². The summed E-state index contributed by atoms with van der Waals surface area (Å²) in [7, 11) is 0. The number of benzene rings is 3. The Labute approximate surface area is 177 Å². The van der Waals surface area contributed by atoms with Crippen molar-refractivity contribution >= 4 is 33.1 Å².